The monoisotopic (exact) mass is 370 g/mol. The topological polar surface area (TPSA) is 119 Å². The summed E-state index contributed by atoms with van der Waals surface area (Å²) in [7, 11) is 0. The first-order valence-electron chi connectivity index (χ1n) is 8.46. The molecule has 0 spiro atoms. The average Bonchev–Trinajstić information content (AvgIpc) is 3.04. The smallest absolute Gasteiger partial charge is 0.299 e. The molecule has 1 amide bonds. The predicted molar refractivity (Wildman–Crippen MR) is 98.2 cm³/mol. The summed E-state index contributed by atoms with van der Waals surface area (Å²) in [6.07, 6.45) is 1.47. The number of nitro groups is 2. The quantitative estimate of drug-likeness (QED) is 0.590. The third-order valence-corrected chi connectivity index (χ3v) is 4.41. The molecule has 1 fully saturated rings. The van der Waals surface area contributed by atoms with Gasteiger partial charge in [-0.2, -0.15) is 0 Å². The van der Waals surface area contributed by atoms with E-state index >= 15 is 0 Å². The van der Waals surface area contributed by atoms with Gasteiger partial charge in [-0.15, -0.1) is 0 Å². The van der Waals surface area contributed by atoms with Crippen molar-refractivity contribution in [1.82, 2.24) is 4.90 Å². The highest BCUT2D eigenvalue weighted by atomic mass is 16.6. The van der Waals surface area contributed by atoms with Crippen molar-refractivity contribution in [2.75, 3.05) is 11.9 Å². The molecule has 27 heavy (non-hydrogen) atoms. The number of hydrogen-bond donors (Lipinski definition) is 1. The van der Waals surface area contributed by atoms with Gasteiger partial charge in [-0.3, -0.25) is 25.0 Å². The first-order valence-corrected chi connectivity index (χ1v) is 8.46. The Balaban J connectivity index is 1.71. The van der Waals surface area contributed by atoms with Gasteiger partial charge in [-0.05, 0) is 23.6 Å². The fourth-order valence-corrected chi connectivity index (χ4v) is 3.06. The van der Waals surface area contributed by atoms with Gasteiger partial charge in [-0.25, -0.2) is 0 Å². The zero-order chi connectivity index (χ0) is 19.4. The lowest BCUT2D eigenvalue weighted by atomic mass is 10.1. The van der Waals surface area contributed by atoms with E-state index in [-0.39, 0.29) is 23.0 Å². The Bertz CT molecular complexity index is 899. The van der Waals surface area contributed by atoms with Crippen LogP contribution in [0.4, 0.5) is 17.1 Å². The number of benzene rings is 2. The second-order valence-corrected chi connectivity index (χ2v) is 6.31. The van der Waals surface area contributed by atoms with Crippen LogP contribution in [0.25, 0.3) is 0 Å². The molecule has 0 bridgehead atoms. The van der Waals surface area contributed by atoms with Gasteiger partial charge in [0.2, 0.25) is 5.91 Å². The normalized spacial score (nSPS) is 13.6. The molecular formula is C18H18N4O5. The number of carbonyl (C=O) groups is 1. The van der Waals surface area contributed by atoms with Crippen molar-refractivity contribution in [3.63, 3.8) is 0 Å². The third kappa shape index (κ3) is 4.38. The highest BCUT2D eigenvalue weighted by molar-refractivity contribution is 5.78. The largest absolute Gasteiger partial charge is 0.375 e. The Labute approximate surface area is 154 Å². The molecule has 9 nitrogen and oxygen atoms in total. The Kier molecular flexibility index (Phi) is 5.30. The van der Waals surface area contributed by atoms with Crippen molar-refractivity contribution in [2.45, 2.75) is 25.9 Å². The Hall–Kier alpha value is -3.49. The number of rotatable bonds is 7. The summed E-state index contributed by atoms with van der Waals surface area (Å²) < 4.78 is 0. The van der Waals surface area contributed by atoms with Crippen LogP contribution < -0.4 is 5.32 Å². The number of anilines is 1. The summed E-state index contributed by atoms with van der Waals surface area (Å²) in [5.74, 6) is 0.153. The van der Waals surface area contributed by atoms with Gasteiger partial charge in [0.15, 0.2) is 0 Å². The van der Waals surface area contributed by atoms with Crippen LogP contribution in [0.15, 0.2) is 42.5 Å². The molecule has 2 aromatic rings. The first kappa shape index (κ1) is 18.3. The van der Waals surface area contributed by atoms with Crippen LogP contribution in [0, 0.1) is 20.2 Å². The molecule has 1 aliphatic rings. The molecule has 1 saturated heterocycles. The van der Waals surface area contributed by atoms with E-state index in [0.717, 1.165) is 30.2 Å². The number of nitrogens with zero attached hydrogens (tertiary/aromatic N) is 3. The van der Waals surface area contributed by atoms with Gasteiger partial charge < -0.3 is 10.2 Å². The van der Waals surface area contributed by atoms with Crippen LogP contribution in [0.1, 0.15) is 24.0 Å². The van der Waals surface area contributed by atoms with E-state index in [9.17, 15) is 25.0 Å². The van der Waals surface area contributed by atoms with Crippen LogP contribution >= 0.6 is 0 Å². The second kappa shape index (κ2) is 7.81. The number of non-ortho nitro benzene ring substituents is 1. The maximum absolute atomic E-state index is 11.8. The standard InChI is InChI=1S/C18H18N4O5/c23-18-5-2-8-20(18)12-14-4-1-3-13(9-14)11-19-16-7-6-15(21(24)25)10-17(16)22(26)27/h1,3-4,6-7,9-10,19H,2,5,8,11-12H2. The maximum atomic E-state index is 11.8. The van der Waals surface area contributed by atoms with Crippen LogP contribution in [0.3, 0.4) is 0 Å². The van der Waals surface area contributed by atoms with Crippen molar-refractivity contribution in [3.05, 3.63) is 73.8 Å². The lowest BCUT2D eigenvalue weighted by molar-refractivity contribution is -0.393. The van der Waals surface area contributed by atoms with Gasteiger partial charge >= 0.3 is 0 Å². The predicted octanol–water partition coefficient (Wildman–Crippen LogP) is 3.24. The minimum absolute atomic E-state index is 0.153. The van der Waals surface area contributed by atoms with Gasteiger partial charge in [0, 0.05) is 32.1 Å². The fraction of sp³-hybridized carbons (Fsp3) is 0.278. The van der Waals surface area contributed by atoms with E-state index in [1.54, 1.807) is 0 Å². The molecule has 0 aromatic heterocycles. The van der Waals surface area contributed by atoms with E-state index in [1.165, 1.54) is 12.1 Å². The van der Waals surface area contributed by atoms with E-state index in [0.29, 0.717) is 19.5 Å². The molecular weight excluding hydrogens is 352 g/mol. The number of nitrogens with one attached hydrogen (secondary N) is 1. The molecule has 1 aliphatic heterocycles. The highest BCUT2D eigenvalue weighted by Gasteiger charge is 2.21. The number of carbonyl (C=O) groups excluding carboxylic acids is 1. The molecule has 0 radical (unpaired) electrons. The van der Waals surface area contributed by atoms with Gasteiger partial charge in [0.25, 0.3) is 11.4 Å². The van der Waals surface area contributed by atoms with E-state index in [2.05, 4.69) is 5.32 Å². The summed E-state index contributed by atoms with van der Waals surface area (Å²) >= 11 is 0. The lowest BCUT2D eigenvalue weighted by Gasteiger charge is -2.16. The summed E-state index contributed by atoms with van der Waals surface area (Å²) in [5.41, 5.74) is 1.42. The summed E-state index contributed by atoms with van der Waals surface area (Å²) in [6.45, 7) is 1.63. The van der Waals surface area contributed by atoms with Crippen molar-refractivity contribution in [1.29, 1.82) is 0 Å². The summed E-state index contributed by atoms with van der Waals surface area (Å²) in [4.78, 5) is 34.2. The van der Waals surface area contributed by atoms with Crippen LogP contribution in [0.5, 0.6) is 0 Å². The number of amides is 1. The van der Waals surface area contributed by atoms with Gasteiger partial charge in [-0.1, -0.05) is 24.3 Å². The summed E-state index contributed by atoms with van der Waals surface area (Å²) in [6, 6.07) is 11.1. The molecule has 0 saturated carbocycles. The Morgan fingerprint density at radius 1 is 1.04 bits per heavy atom. The molecule has 0 aliphatic carbocycles. The van der Waals surface area contributed by atoms with Crippen molar-refractivity contribution in [3.8, 4) is 0 Å². The SMILES string of the molecule is O=C1CCCN1Cc1cccc(CNc2ccc([N+](=O)[O-])cc2[N+](=O)[O-])c1. The van der Waals surface area contributed by atoms with Crippen molar-refractivity contribution in [2.24, 2.45) is 0 Å². The molecule has 140 valence electrons. The van der Waals surface area contributed by atoms with Gasteiger partial charge in [0.1, 0.15) is 5.69 Å². The average molecular weight is 370 g/mol. The Morgan fingerprint density at radius 2 is 1.81 bits per heavy atom. The second-order valence-electron chi connectivity index (χ2n) is 6.31. The summed E-state index contributed by atoms with van der Waals surface area (Å²) in [5, 5.41) is 25.0. The molecule has 0 unspecified atom stereocenters. The lowest BCUT2D eigenvalue weighted by Crippen LogP contribution is -2.23. The molecule has 1 N–H and O–H groups in total. The fourth-order valence-electron chi connectivity index (χ4n) is 3.06. The van der Waals surface area contributed by atoms with Crippen molar-refractivity contribution >= 4 is 23.0 Å². The van der Waals surface area contributed by atoms with E-state index in [1.807, 2.05) is 29.2 Å². The number of likely N-dealkylation sites (tertiary alicyclic amines) is 1. The van der Waals surface area contributed by atoms with Gasteiger partial charge in [0.05, 0.1) is 15.9 Å². The number of hydrogen-bond acceptors (Lipinski definition) is 6. The minimum Gasteiger partial charge on any atom is -0.375 e. The zero-order valence-corrected chi connectivity index (χ0v) is 14.5. The van der Waals surface area contributed by atoms with Crippen molar-refractivity contribution < 1.29 is 14.6 Å². The van der Waals surface area contributed by atoms with E-state index in [4.69, 9.17) is 0 Å². The maximum Gasteiger partial charge on any atom is 0.299 e. The van der Waals surface area contributed by atoms with Crippen LogP contribution in [0.2, 0.25) is 0 Å². The first-order chi connectivity index (χ1) is 12.9. The number of nitro benzene ring substituents is 2. The molecule has 1 heterocycles. The highest BCUT2D eigenvalue weighted by Crippen LogP contribution is 2.29. The van der Waals surface area contributed by atoms with Crippen LogP contribution in [-0.4, -0.2) is 27.2 Å². The molecule has 2 aromatic carbocycles. The molecule has 3 rings (SSSR count). The Morgan fingerprint density at radius 3 is 2.48 bits per heavy atom. The zero-order valence-electron chi connectivity index (χ0n) is 14.5. The third-order valence-electron chi connectivity index (χ3n) is 4.41. The van der Waals surface area contributed by atoms with E-state index < -0.39 is 9.85 Å². The van der Waals surface area contributed by atoms with Crippen LogP contribution in [-0.2, 0) is 17.9 Å². The molecule has 9 heteroatoms. The minimum atomic E-state index is -0.667. The molecule has 0 atom stereocenters.